The minimum absolute atomic E-state index is 0. The van der Waals surface area contributed by atoms with E-state index in [1.807, 2.05) is 111 Å². The third kappa shape index (κ3) is 15.1. The van der Waals surface area contributed by atoms with Crippen LogP contribution in [0, 0.1) is 5.92 Å². The average Bonchev–Trinajstić information content (AvgIpc) is 1.64. The monoisotopic (exact) mass is 1250 g/mol. The predicted octanol–water partition coefficient (Wildman–Crippen LogP) is 13.1. The third-order valence-corrected chi connectivity index (χ3v) is 18.1. The van der Waals surface area contributed by atoms with Crippen LogP contribution >= 0.6 is 0 Å². The summed E-state index contributed by atoms with van der Waals surface area (Å²) in [5.41, 5.74) is 18.5. The number of carbonyl (C=O) groups is 2. The maximum atomic E-state index is 13.5. The lowest BCUT2D eigenvalue weighted by Crippen LogP contribution is -2.42. The van der Waals surface area contributed by atoms with Crippen molar-refractivity contribution >= 4 is 55.9 Å². The van der Waals surface area contributed by atoms with Gasteiger partial charge < -0.3 is 34.1 Å². The number of benzene rings is 6. The number of nitrogens with zero attached hydrogens (tertiary/aromatic N) is 10. The molecule has 2 saturated heterocycles. The second-order valence-corrected chi connectivity index (χ2v) is 24.8. The van der Waals surface area contributed by atoms with Gasteiger partial charge in [-0.1, -0.05) is 108 Å². The number of hydrogen-bond donors (Lipinski definition) is 1. The molecule has 17 nitrogen and oxygen atoms in total. The fraction of sp³-hybridized carbons (Fsp3) is 0.440. The van der Waals surface area contributed by atoms with E-state index < -0.39 is 0 Å². The Morgan fingerprint density at radius 3 is 1.33 bits per heavy atom. The lowest BCUT2D eigenvalue weighted by Gasteiger charge is -2.33. The van der Waals surface area contributed by atoms with Gasteiger partial charge in [0.15, 0.2) is 0 Å². The Labute approximate surface area is 542 Å². The van der Waals surface area contributed by atoms with Gasteiger partial charge >= 0.3 is 11.4 Å². The molecule has 6 heterocycles. The van der Waals surface area contributed by atoms with Gasteiger partial charge in [-0.05, 0) is 154 Å². The summed E-state index contributed by atoms with van der Waals surface area (Å²) in [7, 11) is 3.47. The molecular weight excluding hydrogens is 1150 g/mol. The molecule has 2 aliphatic heterocycles. The first kappa shape index (κ1) is 68.0. The van der Waals surface area contributed by atoms with Gasteiger partial charge in [0.2, 0.25) is 11.8 Å². The molecule has 0 bridgehead atoms. The topological polar surface area (TPSA) is 175 Å². The Morgan fingerprint density at radius 1 is 0.511 bits per heavy atom. The van der Waals surface area contributed by atoms with Crippen molar-refractivity contribution in [3.8, 4) is 11.4 Å². The van der Waals surface area contributed by atoms with Gasteiger partial charge in [0.25, 0.3) is 0 Å². The van der Waals surface area contributed by atoms with Crippen LogP contribution in [0.4, 0.5) is 0 Å². The number of carbonyl (C=O) groups excluding carboxylic acids is 2. The number of likely N-dealkylation sites (tertiary alicyclic amines) is 2. The molecule has 4 atom stereocenters. The van der Waals surface area contributed by atoms with Crippen molar-refractivity contribution in [3.05, 3.63) is 189 Å². The summed E-state index contributed by atoms with van der Waals surface area (Å²) in [5.74, 6) is 3.10. The Bertz CT molecular complexity index is 3900. The summed E-state index contributed by atoms with van der Waals surface area (Å²) in [6.07, 6.45) is 9.82. The van der Waals surface area contributed by atoms with Crippen molar-refractivity contribution in [1.82, 2.24) is 47.2 Å². The van der Waals surface area contributed by atoms with E-state index in [2.05, 4.69) is 83.3 Å². The first-order valence-electron chi connectivity index (χ1n) is 32.7. The van der Waals surface area contributed by atoms with Gasteiger partial charge in [0.05, 0.1) is 55.5 Å². The zero-order chi connectivity index (χ0) is 62.7. The molecule has 0 radical (unpaired) electrons. The molecule has 2 amide bonds. The summed E-state index contributed by atoms with van der Waals surface area (Å²) in [6, 6.07) is 48.4. The number of fused-ring (bicyclic) bond motifs is 4. The second kappa shape index (κ2) is 31.8. The van der Waals surface area contributed by atoms with E-state index in [1.165, 1.54) is 5.56 Å². The first-order chi connectivity index (χ1) is 44.0. The first-order valence-corrected chi connectivity index (χ1v) is 32.7. The van der Waals surface area contributed by atoms with Crippen LogP contribution in [0.1, 0.15) is 134 Å². The van der Waals surface area contributed by atoms with Crippen molar-refractivity contribution < 1.29 is 19.1 Å². The summed E-state index contributed by atoms with van der Waals surface area (Å²) >= 11 is 0. The molecule has 12 rings (SSSR count). The molecule has 488 valence electrons. The molecule has 0 spiro atoms. The Kier molecular flexibility index (Phi) is 23.5. The van der Waals surface area contributed by atoms with Crippen LogP contribution in [0.3, 0.4) is 0 Å². The van der Waals surface area contributed by atoms with E-state index in [0.29, 0.717) is 58.7 Å². The number of imidazole rings is 4. The largest absolute Gasteiger partial charge is 0.385 e. The molecule has 2 fully saturated rings. The number of rotatable bonds is 24. The molecule has 0 saturated carbocycles. The van der Waals surface area contributed by atoms with Crippen molar-refractivity contribution in [2.45, 2.75) is 157 Å². The number of para-hydroxylation sites is 8. The molecular formula is C75H97N11O6. The van der Waals surface area contributed by atoms with Gasteiger partial charge in [-0.2, -0.15) is 0 Å². The molecule has 4 aromatic heterocycles. The standard InChI is InChI=1S/C37H45N5O3.C36H44N6O3.2CH4/c1-4-20-41-33-14-7-8-15-34(33)42(37(41)44)30-18-16-28(17-19-30)24-27(2)25-35(43)39-21-9-11-29(26-39)36-38-31-12-5-6-13-32(31)40(36)22-10-23-45-3;1-3-19-41-32-13-6-7-14-33(32)42(36(41)44)29-17-15-26(16-18-29)23-28(37)24-34(43)39-20-8-10-27(25-39)35-38-30-11-4-5-12-31(30)40(35)21-9-22-45-2;;/h5-8,12-19,27,29H,4,9-11,20-26H2,1-3H3;4-7,11-18,27-28H,3,8-10,19-25,37H2,1-2H3;2*1H4/t27-,29-;27-,28-;;/m11../s1. The van der Waals surface area contributed by atoms with Gasteiger partial charge in [-0.15, -0.1) is 0 Å². The van der Waals surface area contributed by atoms with Crippen LogP contribution in [-0.2, 0) is 58.1 Å². The van der Waals surface area contributed by atoms with Crippen LogP contribution in [0.15, 0.2) is 155 Å². The zero-order valence-electron chi connectivity index (χ0n) is 53.2. The second-order valence-electron chi connectivity index (χ2n) is 24.8. The van der Waals surface area contributed by atoms with E-state index in [1.54, 1.807) is 23.4 Å². The molecule has 92 heavy (non-hydrogen) atoms. The highest BCUT2D eigenvalue weighted by Gasteiger charge is 2.31. The fourth-order valence-electron chi connectivity index (χ4n) is 13.8. The Balaban J connectivity index is 0.000000213. The Hall–Kier alpha value is -8.38. The van der Waals surface area contributed by atoms with E-state index in [-0.39, 0.29) is 61.8 Å². The Morgan fingerprint density at radius 2 is 0.902 bits per heavy atom. The van der Waals surface area contributed by atoms with Crippen LogP contribution in [-0.4, -0.2) is 119 Å². The summed E-state index contributed by atoms with van der Waals surface area (Å²) in [5, 5.41) is 0. The number of nitrogens with two attached hydrogens (primary N) is 1. The molecule has 2 N–H and O–H groups in total. The molecule has 6 aromatic carbocycles. The third-order valence-electron chi connectivity index (χ3n) is 18.1. The highest BCUT2D eigenvalue weighted by Crippen LogP contribution is 2.33. The SMILES string of the molecule is C.C.CCCn1c(=O)n(-c2ccc(C[C@@H](C)CC(=O)N3CCC[C@@H](c4nc5ccccc5n4CCCOC)C3)cc2)c2ccccc21.CCCn1c(=O)n(-c2ccc(C[C@@H](N)CC(=O)N3CCC[C@@H](c4nc5ccccc5n4CCCOC)C3)cc2)c2ccccc21. The van der Waals surface area contributed by atoms with Gasteiger partial charge in [0.1, 0.15) is 11.6 Å². The summed E-state index contributed by atoms with van der Waals surface area (Å²) in [6.45, 7) is 13.7. The van der Waals surface area contributed by atoms with E-state index in [0.717, 1.165) is 157 Å². The number of aryl methyl sites for hydroxylation is 4. The lowest BCUT2D eigenvalue weighted by atomic mass is 9.94. The molecule has 2 aliphatic rings. The maximum Gasteiger partial charge on any atom is 0.333 e. The highest BCUT2D eigenvalue weighted by molar-refractivity contribution is 5.81. The highest BCUT2D eigenvalue weighted by atomic mass is 16.5. The van der Waals surface area contributed by atoms with Crippen LogP contribution in [0.2, 0.25) is 0 Å². The smallest absolute Gasteiger partial charge is 0.333 e. The number of aromatic nitrogens is 8. The molecule has 0 aliphatic carbocycles. The van der Waals surface area contributed by atoms with Crippen molar-refractivity contribution in [2.75, 3.05) is 53.6 Å². The summed E-state index contributed by atoms with van der Waals surface area (Å²) in [4.78, 5) is 67.7. The van der Waals surface area contributed by atoms with Crippen LogP contribution in [0.5, 0.6) is 0 Å². The number of ether oxygens (including phenoxy) is 2. The molecule has 0 unspecified atom stereocenters. The van der Waals surface area contributed by atoms with Crippen molar-refractivity contribution in [3.63, 3.8) is 0 Å². The number of piperidine rings is 2. The fourth-order valence-corrected chi connectivity index (χ4v) is 13.8. The van der Waals surface area contributed by atoms with Gasteiger partial charge in [-0.25, -0.2) is 19.6 Å². The predicted molar refractivity (Wildman–Crippen MR) is 372 cm³/mol. The van der Waals surface area contributed by atoms with Crippen molar-refractivity contribution in [1.29, 1.82) is 0 Å². The summed E-state index contributed by atoms with van der Waals surface area (Å²) < 4.78 is 22.6. The molecule has 17 heteroatoms. The minimum Gasteiger partial charge on any atom is -0.385 e. The van der Waals surface area contributed by atoms with Crippen molar-refractivity contribution in [2.24, 2.45) is 11.7 Å². The van der Waals surface area contributed by atoms with Gasteiger partial charge in [0, 0.05) is 111 Å². The minimum atomic E-state index is -0.295. The zero-order valence-corrected chi connectivity index (χ0v) is 53.2. The lowest BCUT2D eigenvalue weighted by molar-refractivity contribution is -0.133. The van der Waals surface area contributed by atoms with E-state index in [9.17, 15) is 19.2 Å². The van der Waals surface area contributed by atoms with Crippen LogP contribution < -0.4 is 17.1 Å². The normalized spacial score (nSPS) is 15.7. The number of hydrogen-bond acceptors (Lipinski definition) is 9. The van der Waals surface area contributed by atoms with E-state index >= 15 is 0 Å². The maximum absolute atomic E-state index is 13.5. The quantitative estimate of drug-likeness (QED) is 0.0577. The van der Waals surface area contributed by atoms with E-state index in [4.69, 9.17) is 25.2 Å². The molecule has 10 aromatic rings. The van der Waals surface area contributed by atoms with Crippen LogP contribution in [0.25, 0.3) is 55.5 Å². The number of amides is 2. The van der Waals surface area contributed by atoms with Gasteiger partial charge in [-0.3, -0.25) is 27.9 Å². The number of methoxy groups -OCH3 is 2. The average molecular weight is 1250 g/mol.